The highest BCUT2D eigenvalue weighted by Crippen LogP contribution is 2.28. The molecule has 7 heteroatoms. The van der Waals surface area contributed by atoms with E-state index >= 15 is 0 Å². The van der Waals surface area contributed by atoms with E-state index in [9.17, 15) is 9.59 Å². The molecule has 1 aromatic heterocycles. The summed E-state index contributed by atoms with van der Waals surface area (Å²) in [7, 11) is 1.38. The van der Waals surface area contributed by atoms with Crippen LogP contribution in [0.15, 0.2) is 60.0 Å². The van der Waals surface area contributed by atoms with Gasteiger partial charge in [0, 0.05) is 26.2 Å². The number of hydrogen-bond acceptors (Lipinski definition) is 6. The van der Waals surface area contributed by atoms with Gasteiger partial charge in [0.25, 0.3) is 5.91 Å². The minimum Gasteiger partial charge on any atom is -0.465 e. The molecule has 0 spiro atoms. The third kappa shape index (κ3) is 5.43. The zero-order valence-corrected chi connectivity index (χ0v) is 18.8. The maximum Gasteiger partial charge on any atom is 0.337 e. The van der Waals surface area contributed by atoms with Crippen molar-refractivity contribution >= 4 is 23.2 Å². The molecule has 6 nitrogen and oxygen atoms in total. The van der Waals surface area contributed by atoms with Crippen LogP contribution >= 0.6 is 11.3 Å². The fraction of sp³-hybridized carbons (Fsp3) is 0.280. The third-order valence-corrected chi connectivity index (χ3v) is 6.40. The molecule has 0 aliphatic carbocycles. The Hall–Kier alpha value is -3.00. The monoisotopic (exact) mass is 450 g/mol. The average molecular weight is 451 g/mol. The van der Waals surface area contributed by atoms with E-state index in [1.165, 1.54) is 18.4 Å². The van der Waals surface area contributed by atoms with Gasteiger partial charge in [0.1, 0.15) is 0 Å². The molecule has 0 bridgehead atoms. The molecule has 3 aromatic rings. The van der Waals surface area contributed by atoms with Gasteiger partial charge in [-0.1, -0.05) is 36.4 Å². The number of thiophene rings is 1. The summed E-state index contributed by atoms with van der Waals surface area (Å²) in [5.41, 5.74) is 4.54. The van der Waals surface area contributed by atoms with E-state index in [0.29, 0.717) is 17.0 Å². The first kappa shape index (κ1) is 22.2. The number of rotatable bonds is 7. The van der Waals surface area contributed by atoms with Crippen LogP contribution < -0.4 is 5.32 Å². The molecule has 1 saturated heterocycles. The molecule has 4 rings (SSSR count). The molecule has 1 amide bonds. The topological polar surface area (TPSA) is 67.9 Å². The second-order valence-electron chi connectivity index (χ2n) is 7.56. The second-order valence-corrected chi connectivity index (χ2v) is 8.47. The van der Waals surface area contributed by atoms with Gasteiger partial charge in [0.05, 0.1) is 30.8 Å². The Morgan fingerprint density at radius 3 is 2.44 bits per heavy atom. The fourth-order valence-corrected chi connectivity index (χ4v) is 4.48. The normalized spacial score (nSPS) is 14.2. The van der Waals surface area contributed by atoms with Crippen LogP contribution in [0.1, 0.15) is 20.0 Å². The summed E-state index contributed by atoms with van der Waals surface area (Å²) in [5.74, 6) is -0.386. The van der Waals surface area contributed by atoms with Crippen molar-refractivity contribution in [3.8, 4) is 22.3 Å². The second kappa shape index (κ2) is 10.5. The third-order valence-electron chi connectivity index (χ3n) is 5.48. The number of ether oxygens (including phenoxy) is 2. The van der Waals surface area contributed by atoms with Crippen LogP contribution in [0, 0.1) is 0 Å². The Labute approximate surface area is 191 Å². The Kier molecular flexibility index (Phi) is 7.32. The van der Waals surface area contributed by atoms with Gasteiger partial charge in [-0.15, -0.1) is 11.3 Å². The number of hydrogen-bond donors (Lipinski definition) is 1. The number of amides is 1. The zero-order valence-electron chi connectivity index (χ0n) is 18.0. The highest BCUT2D eigenvalue weighted by Gasteiger charge is 2.13. The lowest BCUT2D eigenvalue weighted by molar-refractivity contribution is 0.0383. The van der Waals surface area contributed by atoms with Gasteiger partial charge in [0.2, 0.25) is 0 Å². The molecular weight excluding hydrogens is 424 g/mol. The first-order chi connectivity index (χ1) is 15.6. The van der Waals surface area contributed by atoms with Crippen LogP contribution in [0.4, 0.5) is 0 Å². The van der Waals surface area contributed by atoms with E-state index in [1.807, 2.05) is 53.9 Å². The van der Waals surface area contributed by atoms with Crippen molar-refractivity contribution in [2.45, 2.75) is 0 Å². The van der Waals surface area contributed by atoms with Gasteiger partial charge in [-0.2, -0.15) is 0 Å². The Bertz CT molecular complexity index is 1070. The van der Waals surface area contributed by atoms with Gasteiger partial charge in [-0.3, -0.25) is 9.69 Å². The molecule has 32 heavy (non-hydrogen) atoms. The predicted molar refractivity (Wildman–Crippen MR) is 126 cm³/mol. The lowest BCUT2D eigenvalue weighted by atomic mass is 10.00. The molecule has 1 fully saturated rings. The minimum absolute atomic E-state index is 0.0363. The summed E-state index contributed by atoms with van der Waals surface area (Å²) in [6.45, 7) is 4.83. The standard InChI is InChI=1S/C25H26N2O4S/c1-30-25(29)21-4-2-3-20(15-21)18-5-7-19(8-6-18)22-16-23(32-17-22)24(28)26-9-10-27-11-13-31-14-12-27/h2-8,15-17H,9-14H2,1H3,(H,26,28). The fourth-order valence-electron chi connectivity index (χ4n) is 3.64. The lowest BCUT2D eigenvalue weighted by Gasteiger charge is -2.26. The summed E-state index contributed by atoms with van der Waals surface area (Å²) >= 11 is 1.45. The summed E-state index contributed by atoms with van der Waals surface area (Å²) in [6, 6.07) is 17.4. The summed E-state index contributed by atoms with van der Waals surface area (Å²) in [6.07, 6.45) is 0. The van der Waals surface area contributed by atoms with Crippen LogP contribution in [0.25, 0.3) is 22.3 Å². The summed E-state index contributed by atoms with van der Waals surface area (Å²) < 4.78 is 10.2. The SMILES string of the molecule is COC(=O)c1cccc(-c2ccc(-c3csc(C(=O)NCCN4CCOCC4)c3)cc2)c1. The molecule has 1 aliphatic rings. The molecule has 1 aliphatic heterocycles. The number of benzene rings is 2. The van der Waals surface area contributed by atoms with Crippen molar-refractivity contribution in [1.29, 1.82) is 0 Å². The predicted octanol–water partition coefficient (Wildman–Crippen LogP) is 3.93. The molecular formula is C25H26N2O4S. The van der Waals surface area contributed by atoms with E-state index in [1.54, 1.807) is 6.07 Å². The van der Waals surface area contributed by atoms with Gasteiger partial charge >= 0.3 is 5.97 Å². The van der Waals surface area contributed by atoms with Crippen LogP contribution in [-0.4, -0.2) is 63.3 Å². The number of nitrogens with one attached hydrogen (secondary N) is 1. The number of methoxy groups -OCH3 is 1. The lowest BCUT2D eigenvalue weighted by Crippen LogP contribution is -2.41. The molecule has 2 heterocycles. The van der Waals surface area contributed by atoms with Crippen molar-refractivity contribution < 1.29 is 19.1 Å². The smallest absolute Gasteiger partial charge is 0.337 e. The van der Waals surface area contributed by atoms with Gasteiger partial charge < -0.3 is 14.8 Å². The number of carbonyl (C=O) groups is 2. The van der Waals surface area contributed by atoms with Crippen LogP contribution in [0.3, 0.4) is 0 Å². The number of carbonyl (C=O) groups excluding carboxylic acids is 2. The minimum atomic E-state index is -0.350. The largest absolute Gasteiger partial charge is 0.465 e. The quantitative estimate of drug-likeness (QED) is 0.553. The summed E-state index contributed by atoms with van der Waals surface area (Å²) in [4.78, 5) is 27.3. The Balaban J connectivity index is 1.37. The maximum absolute atomic E-state index is 12.5. The highest BCUT2D eigenvalue weighted by molar-refractivity contribution is 7.12. The molecule has 0 saturated carbocycles. The molecule has 0 radical (unpaired) electrons. The van der Waals surface area contributed by atoms with Crippen LogP contribution in [0.5, 0.6) is 0 Å². The number of esters is 1. The van der Waals surface area contributed by atoms with Crippen molar-refractivity contribution in [3.05, 3.63) is 70.4 Å². The number of morpholine rings is 1. The average Bonchev–Trinajstić information content (AvgIpc) is 3.35. The van der Waals surface area contributed by atoms with Gasteiger partial charge in [-0.25, -0.2) is 4.79 Å². The van der Waals surface area contributed by atoms with Crippen molar-refractivity contribution in [2.75, 3.05) is 46.5 Å². The van der Waals surface area contributed by atoms with Crippen LogP contribution in [0.2, 0.25) is 0 Å². The first-order valence-corrected chi connectivity index (χ1v) is 11.5. The Morgan fingerprint density at radius 2 is 1.72 bits per heavy atom. The summed E-state index contributed by atoms with van der Waals surface area (Å²) in [5, 5.41) is 5.02. The molecule has 166 valence electrons. The Morgan fingerprint density at radius 1 is 1.00 bits per heavy atom. The van der Waals surface area contributed by atoms with Crippen molar-refractivity contribution in [2.24, 2.45) is 0 Å². The van der Waals surface area contributed by atoms with E-state index in [0.717, 1.165) is 55.1 Å². The van der Waals surface area contributed by atoms with Gasteiger partial charge in [-0.05, 0) is 45.8 Å². The van der Waals surface area contributed by atoms with E-state index in [4.69, 9.17) is 9.47 Å². The van der Waals surface area contributed by atoms with Crippen molar-refractivity contribution in [3.63, 3.8) is 0 Å². The molecule has 0 unspecified atom stereocenters. The van der Waals surface area contributed by atoms with Crippen molar-refractivity contribution in [1.82, 2.24) is 10.2 Å². The molecule has 1 N–H and O–H groups in total. The molecule has 2 aromatic carbocycles. The van der Waals surface area contributed by atoms with Gasteiger partial charge in [0.15, 0.2) is 0 Å². The van der Waals surface area contributed by atoms with Crippen LogP contribution in [-0.2, 0) is 9.47 Å². The van der Waals surface area contributed by atoms with E-state index in [2.05, 4.69) is 10.2 Å². The number of nitrogens with zero attached hydrogens (tertiary/aromatic N) is 1. The highest BCUT2D eigenvalue weighted by atomic mass is 32.1. The first-order valence-electron chi connectivity index (χ1n) is 10.6. The van der Waals surface area contributed by atoms with E-state index < -0.39 is 0 Å². The zero-order chi connectivity index (χ0) is 22.3. The van der Waals surface area contributed by atoms with E-state index in [-0.39, 0.29) is 11.9 Å². The molecule has 0 atom stereocenters. The maximum atomic E-state index is 12.5.